The second kappa shape index (κ2) is 7.57. The Balaban J connectivity index is 1.96. The van der Waals surface area contributed by atoms with Crippen LogP contribution < -0.4 is 15.4 Å². The second-order valence-corrected chi connectivity index (χ2v) is 7.07. The first kappa shape index (κ1) is 17.4. The molecule has 2 N–H and O–H groups in total. The standard InChI is InChI=1S/C18H28N2O3/c1-18(2,3)23-17(21)20-15-10-9-14(11-16(15)22-4)19-12-13-7-5-6-8-13/h9-11,13,19H,5-8,12H2,1-4H3,(H,20,21). The van der Waals surface area contributed by atoms with Gasteiger partial charge >= 0.3 is 6.09 Å². The van der Waals surface area contributed by atoms with Crippen LogP contribution in [0.3, 0.4) is 0 Å². The lowest BCUT2D eigenvalue weighted by atomic mass is 10.1. The van der Waals surface area contributed by atoms with E-state index in [0.29, 0.717) is 11.4 Å². The lowest BCUT2D eigenvalue weighted by molar-refractivity contribution is 0.0635. The summed E-state index contributed by atoms with van der Waals surface area (Å²) in [4.78, 5) is 11.9. The van der Waals surface area contributed by atoms with Crippen molar-refractivity contribution in [1.82, 2.24) is 0 Å². The van der Waals surface area contributed by atoms with Crippen LogP contribution in [0.25, 0.3) is 0 Å². The predicted octanol–water partition coefficient (Wildman–Crippen LogP) is 4.64. The highest BCUT2D eigenvalue weighted by atomic mass is 16.6. The number of ether oxygens (including phenoxy) is 2. The maximum Gasteiger partial charge on any atom is 0.412 e. The number of nitrogens with one attached hydrogen (secondary N) is 2. The van der Waals surface area contributed by atoms with Crippen molar-refractivity contribution in [3.63, 3.8) is 0 Å². The molecule has 0 aromatic heterocycles. The molecule has 0 unspecified atom stereocenters. The molecule has 2 rings (SSSR count). The monoisotopic (exact) mass is 320 g/mol. The van der Waals surface area contributed by atoms with Gasteiger partial charge in [-0.05, 0) is 51.7 Å². The molecular weight excluding hydrogens is 292 g/mol. The molecule has 1 fully saturated rings. The van der Waals surface area contributed by atoms with Crippen LogP contribution in [0, 0.1) is 5.92 Å². The molecule has 1 aromatic rings. The number of anilines is 2. The van der Waals surface area contributed by atoms with Crippen LogP contribution >= 0.6 is 0 Å². The van der Waals surface area contributed by atoms with Crippen LogP contribution in [0.4, 0.5) is 16.2 Å². The van der Waals surface area contributed by atoms with E-state index in [9.17, 15) is 4.79 Å². The summed E-state index contributed by atoms with van der Waals surface area (Å²) in [5.74, 6) is 1.38. The highest BCUT2D eigenvalue weighted by Gasteiger charge is 2.18. The van der Waals surface area contributed by atoms with Gasteiger partial charge in [-0.2, -0.15) is 0 Å². The van der Waals surface area contributed by atoms with Gasteiger partial charge < -0.3 is 14.8 Å². The van der Waals surface area contributed by atoms with Crippen molar-refractivity contribution in [3.8, 4) is 5.75 Å². The SMILES string of the molecule is COc1cc(NCC2CCCC2)ccc1NC(=O)OC(C)(C)C. The van der Waals surface area contributed by atoms with Gasteiger partial charge in [-0.3, -0.25) is 5.32 Å². The Bertz CT molecular complexity index is 532. The molecule has 1 saturated carbocycles. The van der Waals surface area contributed by atoms with E-state index in [1.165, 1.54) is 25.7 Å². The molecule has 0 radical (unpaired) electrons. The molecule has 1 aliphatic carbocycles. The van der Waals surface area contributed by atoms with E-state index >= 15 is 0 Å². The van der Waals surface area contributed by atoms with E-state index in [1.54, 1.807) is 7.11 Å². The number of hydrogen-bond acceptors (Lipinski definition) is 4. The number of methoxy groups -OCH3 is 1. The fraction of sp³-hybridized carbons (Fsp3) is 0.611. The molecule has 5 heteroatoms. The number of carbonyl (C=O) groups is 1. The van der Waals surface area contributed by atoms with Gasteiger partial charge in [-0.15, -0.1) is 0 Å². The van der Waals surface area contributed by atoms with E-state index in [4.69, 9.17) is 9.47 Å². The fourth-order valence-electron chi connectivity index (χ4n) is 2.79. The molecule has 5 nitrogen and oxygen atoms in total. The smallest absolute Gasteiger partial charge is 0.412 e. The van der Waals surface area contributed by atoms with Crippen molar-refractivity contribution in [2.24, 2.45) is 5.92 Å². The normalized spacial score (nSPS) is 15.3. The van der Waals surface area contributed by atoms with Gasteiger partial charge in [-0.1, -0.05) is 12.8 Å². The van der Waals surface area contributed by atoms with Crippen LogP contribution in [-0.2, 0) is 4.74 Å². The second-order valence-electron chi connectivity index (χ2n) is 7.07. The minimum atomic E-state index is -0.528. The fourth-order valence-corrected chi connectivity index (χ4v) is 2.79. The molecule has 0 atom stereocenters. The van der Waals surface area contributed by atoms with Gasteiger partial charge in [-0.25, -0.2) is 4.79 Å². The molecular formula is C18H28N2O3. The zero-order chi connectivity index (χ0) is 16.9. The average Bonchev–Trinajstić information content (AvgIpc) is 2.97. The largest absolute Gasteiger partial charge is 0.494 e. The summed E-state index contributed by atoms with van der Waals surface area (Å²) in [6.45, 7) is 6.49. The first-order chi connectivity index (χ1) is 10.9. The summed E-state index contributed by atoms with van der Waals surface area (Å²) in [6, 6.07) is 5.69. The summed E-state index contributed by atoms with van der Waals surface area (Å²) >= 11 is 0. The van der Waals surface area contributed by atoms with E-state index in [1.807, 2.05) is 39.0 Å². The van der Waals surface area contributed by atoms with Crippen molar-refractivity contribution in [2.45, 2.75) is 52.1 Å². The van der Waals surface area contributed by atoms with E-state index in [0.717, 1.165) is 18.2 Å². The highest BCUT2D eigenvalue weighted by molar-refractivity contribution is 5.87. The zero-order valence-electron chi connectivity index (χ0n) is 14.6. The number of amides is 1. The third-order valence-electron chi connectivity index (χ3n) is 3.91. The highest BCUT2D eigenvalue weighted by Crippen LogP contribution is 2.30. The third kappa shape index (κ3) is 5.66. The van der Waals surface area contributed by atoms with Gasteiger partial charge in [0, 0.05) is 18.3 Å². The summed E-state index contributed by atoms with van der Waals surface area (Å²) in [5.41, 5.74) is 1.08. The van der Waals surface area contributed by atoms with Gasteiger partial charge in [0.2, 0.25) is 0 Å². The van der Waals surface area contributed by atoms with Crippen molar-refractivity contribution in [2.75, 3.05) is 24.3 Å². The maximum atomic E-state index is 11.9. The maximum absolute atomic E-state index is 11.9. The number of rotatable bonds is 5. The lowest BCUT2D eigenvalue weighted by Crippen LogP contribution is -2.27. The van der Waals surface area contributed by atoms with Gasteiger partial charge in [0.05, 0.1) is 12.8 Å². The first-order valence-corrected chi connectivity index (χ1v) is 8.29. The topological polar surface area (TPSA) is 59.6 Å². The molecule has 0 spiro atoms. The molecule has 0 saturated heterocycles. The van der Waals surface area contributed by atoms with Crippen molar-refractivity contribution in [3.05, 3.63) is 18.2 Å². The Hall–Kier alpha value is -1.91. The van der Waals surface area contributed by atoms with Gasteiger partial charge in [0.25, 0.3) is 0 Å². The minimum Gasteiger partial charge on any atom is -0.494 e. The van der Waals surface area contributed by atoms with Crippen LogP contribution in [0.2, 0.25) is 0 Å². The Morgan fingerprint density at radius 3 is 2.57 bits per heavy atom. The van der Waals surface area contributed by atoms with E-state index in [-0.39, 0.29) is 0 Å². The summed E-state index contributed by atoms with van der Waals surface area (Å²) in [5, 5.41) is 6.18. The van der Waals surface area contributed by atoms with Gasteiger partial charge in [0.1, 0.15) is 11.4 Å². The molecule has 0 aliphatic heterocycles. The third-order valence-corrected chi connectivity index (χ3v) is 3.91. The van der Waals surface area contributed by atoms with Crippen molar-refractivity contribution >= 4 is 17.5 Å². The van der Waals surface area contributed by atoms with Crippen molar-refractivity contribution in [1.29, 1.82) is 0 Å². The molecule has 1 aliphatic rings. The van der Waals surface area contributed by atoms with Crippen LogP contribution in [-0.4, -0.2) is 25.3 Å². The Labute approximate surface area is 138 Å². The number of benzene rings is 1. The molecule has 1 amide bonds. The summed E-state index contributed by atoms with van der Waals surface area (Å²) in [7, 11) is 1.59. The first-order valence-electron chi connectivity index (χ1n) is 8.29. The molecule has 0 heterocycles. The number of hydrogen-bond donors (Lipinski definition) is 2. The summed E-state index contributed by atoms with van der Waals surface area (Å²) < 4.78 is 10.6. The predicted molar refractivity (Wildman–Crippen MR) is 93.3 cm³/mol. The minimum absolute atomic E-state index is 0.484. The zero-order valence-corrected chi connectivity index (χ0v) is 14.6. The van der Waals surface area contributed by atoms with Crippen LogP contribution in [0.5, 0.6) is 5.75 Å². The van der Waals surface area contributed by atoms with Gasteiger partial charge in [0.15, 0.2) is 0 Å². The Kier molecular flexibility index (Phi) is 5.74. The van der Waals surface area contributed by atoms with E-state index in [2.05, 4.69) is 10.6 Å². The number of carbonyl (C=O) groups excluding carboxylic acids is 1. The van der Waals surface area contributed by atoms with Crippen LogP contribution in [0.15, 0.2) is 18.2 Å². The Morgan fingerprint density at radius 2 is 1.96 bits per heavy atom. The average molecular weight is 320 g/mol. The summed E-state index contributed by atoms with van der Waals surface area (Å²) in [6.07, 6.45) is 4.82. The van der Waals surface area contributed by atoms with Crippen LogP contribution in [0.1, 0.15) is 46.5 Å². The quantitative estimate of drug-likeness (QED) is 0.829. The molecule has 0 bridgehead atoms. The lowest BCUT2D eigenvalue weighted by Gasteiger charge is -2.20. The van der Waals surface area contributed by atoms with E-state index < -0.39 is 11.7 Å². The molecule has 23 heavy (non-hydrogen) atoms. The molecule has 1 aromatic carbocycles. The molecule has 128 valence electrons. The van der Waals surface area contributed by atoms with Crippen molar-refractivity contribution < 1.29 is 14.3 Å². The Morgan fingerprint density at radius 1 is 1.26 bits per heavy atom.